The fourth-order valence-corrected chi connectivity index (χ4v) is 1.97. The standard InChI is InChI=1S/C10H8ClFO/c11-9-5-6(12)4-8-7(9)2-1-3-10(8)13/h4-5H,1-3H2. The average molecular weight is 199 g/mol. The van der Waals surface area contributed by atoms with E-state index < -0.39 is 5.82 Å². The van der Waals surface area contributed by atoms with E-state index in [1.54, 1.807) is 0 Å². The predicted octanol–water partition coefficient (Wildman–Crippen LogP) is 3.00. The molecule has 1 aromatic carbocycles. The van der Waals surface area contributed by atoms with Crippen LogP contribution in [0.15, 0.2) is 12.1 Å². The van der Waals surface area contributed by atoms with Crippen molar-refractivity contribution in [3.63, 3.8) is 0 Å². The molecule has 0 spiro atoms. The van der Waals surface area contributed by atoms with Crippen LogP contribution in [0.5, 0.6) is 0 Å². The lowest BCUT2D eigenvalue weighted by atomic mass is 9.90. The number of hydrogen-bond donors (Lipinski definition) is 0. The Morgan fingerprint density at radius 1 is 1.31 bits per heavy atom. The molecule has 0 saturated carbocycles. The fourth-order valence-electron chi connectivity index (χ4n) is 1.67. The van der Waals surface area contributed by atoms with Crippen LogP contribution in [0.3, 0.4) is 0 Å². The zero-order valence-electron chi connectivity index (χ0n) is 6.94. The van der Waals surface area contributed by atoms with Gasteiger partial charge in [0.1, 0.15) is 5.82 Å². The maximum Gasteiger partial charge on any atom is 0.163 e. The molecule has 1 aliphatic rings. The minimum Gasteiger partial charge on any atom is -0.294 e. The van der Waals surface area contributed by atoms with Gasteiger partial charge in [0, 0.05) is 17.0 Å². The molecule has 0 unspecified atom stereocenters. The van der Waals surface area contributed by atoms with E-state index >= 15 is 0 Å². The molecule has 68 valence electrons. The minimum atomic E-state index is -0.431. The van der Waals surface area contributed by atoms with Crippen molar-refractivity contribution in [1.82, 2.24) is 0 Å². The molecule has 0 aromatic heterocycles. The third-order valence-electron chi connectivity index (χ3n) is 2.29. The van der Waals surface area contributed by atoms with Gasteiger partial charge in [0.05, 0.1) is 0 Å². The number of halogens is 2. The molecule has 1 aromatic rings. The van der Waals surface area contributed by atoms with Crippen LogP contribution < -0.4 is 0 Å². The van der Waals surface area contributed by atoms with E-state index in [2.05, 4.69) is 0 Å². The van der Waals surface area contributed by atoms with E-state index in [1.165, 1.54) is 12.1 Å². The second-order valence-electron chi connectivity index (χ2n) is 3.19. The molecule has 0 saturated heterocycles. The van der Waals surface area contributed by atoms with Gasteiger partial charge in [0.2, 0.25) is 0 Å². The molecule has 0 fully saturated rings. The molecule has 0 radical (unpaired) electrons. The third-order valence-corrected chi connectivity index (χ3v) is 2.63. The van der Waals surface area contributed by atoms with Gasteiger partial charge in [0.25, 0.3) is 0 Å². The zero-order valence-corrected chi connectivity index (χ0v) is 7.70. The highest BCUT2D eigenvalue weighted by Crippen LogP contribution is 2.28. The summed E-state index contributed by atoms with van der Waals surface area (Å²) in [4.78, 5) is 11.4. The molecule has 1 nitrogen and oxygen atoms in total. The van der Waals surface area contributed by atoms with Gasteiger partial charge in [-0.3, -0.25) is 4.79 Å². The van der Waals surface area contributed by atoms with Crippen molar-refractivity contribution in [2.45, 2.75) is 19.3 Å². The van der Waals surface area contributed by atoms with Gasteiger partial charge in [-0.15, -0.1) is 0 Å². The first-order valence-electron chi connectivity index (χ1n) is 4.19. The van der Waals surface area contributed by atoms with E-state index in [0.29, 0.717) is 17.0 Å². The first-order chi connectivity index (χ1) is 6.18. The molecule has 0 amide bonds. The van der Waals surface area contributed by atoms with E-state index in [9.17, 15) is 9.18 Å². The van der Waals surface area contributed by atoms with Gasteiger partial charge < -0.3 is 0 Å². The number of benzene rings is 1. The lowest BCUT2D eigenvalue weighted by Gasteiger charge is -2.15. The van der Waals surface area contributed by atoms with E-state index in [-0.39, 0.29) is 5.78 Å². The van der Waals surface area contributed by atoms with Crippen molar-refractivity contribution in [1.29, 1.82) is 0 Å². The molecule has 0 bridgehead atoms. The second kappa shape index (κ2) is 3.11. The van der Waals surface area contributed by atoms with Crippen LogP contribution in [-0.2, 0) is 6.42 Å². The smallest absolute Gasteiger partial charge is 0.163 e. The SMILES string of the molecule is O=C1CCCc2c(Cl)cc(F)cc21. The molecular formula is C10H8ClFO. The Kier molecular flexibility index (Phi) is 2.08. The van der Waals surface area contributed by atoms with Crippen LogP contribution in [0.4, 0.5) is 4.39 Å². The number of carbonyl (C=O) groups is 1. The van der Waals surface area contributed by atoms with Crippen molar-refractivity contribution < 1.29 is 9.18 Å². The van der Waals surface area contributed by atoms with Gasteiger partial charge in [-0.25, -0.2) is 4.39 Å². The summed E-state index contributed by atoms with van der Waals surface area (Å²) < 4.78 is 12.9. The number of fused-ring (bicyclic) bond motifs is 1. The summed E-state index contributed by atoms with van der Waals surface area (Å²) in [5, 5.41) is 0.378. The summed E-state index contributed by atoms with van der Waals surface area (Å²) in [5.41, 5.74) is 1.27. The number of ketones is 1. The van der Waals surface area contributed by atoms with Gasteiger partial charge in [-0.05, 0) is 30.5 Å². The van der Waals surface area contributed by atoms with Gasteiger partial charge >= 0.3 is 0 Å². The van der Waals surface area contributed by atoms with Crippen LogP contribution in [0, 0.1) is 5.82 Å². The predicted molar refractivity (Wildman–Crippen MR) is 48.7 cm³/mol. The molecule has 0 heterocycles. The van der Waals surface area contributed by atoms with Crippen LogP contribution >= 0.6 is 11.6 Å². The average Bonchev–Trinajstić information content (AvgIpc) is 2.07. The maximum atomic E-state index is 12.9. The van der Waals surface area contributed by atoms with Crippen LogP contribution in [0.25, 0.3) is 0 Å². The monoisotopic (exact) mass is 198 g/mol. The second-order valence-corrected chi connectivity index (χ2v) is 3.60. The van der Waals surface area contributed by atoms with Gasteiger partial charge in [-0.2, -0.15) is 0 Å². The summed E-state index contributed by atoms with van der Waals surface area (Å²) in [6.45, 7) is 0. The zero-order chi connectivity index (χ0) is 9.42. The van der Waals surface area contributed by atoms with E-state index in [1.807, 2.05) is 0 Å². The summed E-state index contributed by atoms with van der Waals surface area (Å²) in [7, 11) is 0. The summed E-state index contributed by atoms with van der Waals surface area (Å²) in [5.74, 6) is -0.429. The van der Waals surface area contributed by atoms with Crippen LogP contribution in [-0.4, -0.2) is 5.78 Å². The minimum absolute atomic E-state index is 0.00245. The Balaban J connectivity index is 2.63. The highest BCUT2D eigenvalue weighted by atomic mass is 35.5. The summed E-state index contributed by atoms with van der Waals surface area (Å²) >= 11 is 5.82. The lowest BCUT2D eigenvalue weighted by molar-refractivity contribution is 0.0972. The van der Waals surface area contributed by atoms with Crippen molar-refractivity contribution in [3.8, 4) is 0 Å². The maximum absolute atomic E-state index is 12.9. The topological polar surface area (TPSA) is 17.1 Å². The first kappa shape index (κ1) is 8.70. The molecule has 3 heteroatoms. The van der Waals surface area contributed by atoms with Gasteiger partial charge in [-0.1, -0.05) is 11.6 Å². The van der Waals surface area contributed by atoms with E-state index in [4.69, 9.17) is 11.6 Å². The Morgan fingerprint density at radius 2 is 2.08 bits per heavy atom. The molecule has 2 rings (SSSR count). The van der Waals surface area contributed by atoms with Crippen molar-refractivity contribution in [2.24, 2.45) is 0 Å². The van der Waals surface area contributed by atoms with E-state index in [0.717, 1.165) is 18.4 Å². The van der Waals surface area contributed by atoms with Gasteiger partial charge in [0.15, 0.2) is 5.78 Å². The largest absolute Gasteiger partial charge is 0.294 e. The Labute approximate surface area is 80.5 Å². The summed E-state index contributed by atoms with van der Waals surface area (Å²) in [6.07, 6.45) is 2.10. The fraction of sp³-hybridized carbons (Fsp3) is 0.300. The summed E-state index contributed by atoms with van der Waals surface area (Å²) in [6, 6.07) is 2.54. The third kappa shape index (κ3) is 1.46. The number of carbonyl (C=O) groups excluding carboxylic acids is 1. The van der Waals surface area contributed by atoms with Crippen molar-refractivity contribution in [3.05, 3.63) is 34.1 Å². The molecule has 0 aliphatic heterocycles. The molecule has 0 N–H and O–H groups in total. The quantitative estimate of drug-likeness (QED) is 0.626. The van der Waals surface area contributed by atoms with Crippen molar-refractivity contribution in [2.75, 3.05) is 0 Å². The molecule has 0 atom stereocenters. The first-order valence-corrected chi connectivity index (χ1v) is 4.57. The van der Waals surface area contributed by atoms with Crippen LogP contribution in [0.1, 0.15) is 28.8 Å². The highest BCUT2D eigenvalue weighted by Gasteiger charge is 2.20. The Bertz CT molecular complexity index is 373. The number of rotatable bonds is 0. The van der Waals surface area contributed by atoms with Crippen molar-refractivity contribution >= 4 is 17.4 Å². The highest BCUT2D eigenvalue weighted by molar-refractivity contribution is 6.32. The Morgan fingerprint density at radius 3 is 2.85 bits per heavy atom. The van der Waals surface area contributed by atoms with Crippen LogP contribution in [0.2, 0.25) is 5.02 Å². The molecule has 1 aliphatic carbocycles. The molecular weight excluding hydrogens is 191 g/mol. The molecule has 13 heavy (non-hydrogen) atoms. The Hall–Kier alpha value is -0.890. The number of Topliss-reactive ketones (excluding diaryl/α,β-unsaturated/α-hetero) is 1. The lowest BCUT2D eigenvalue weighted by Crippen LogP contribution is -2.11. The number of hydrogen-bond acceptors (Lipinski definition) is 1. The normalized spacial score (nSPS) is 15.7.